The van der Waals surface area contributed by atoms with E-state index in [4.69, 9.17) is 5.73 Å². The summed E-state index contributed by atoms with van der Waals surface area (Å²) < 4.78 is 0. The molecule has 0 saturated carbocycles. The molecule has 0 aliphatic heterocycles. The van der Waals surface area contributed by atoms with Gasteiger partial charge in [0.15, 0.2) is 0 Å². The van der Waals surface area contributed by atoms with E-state index in [2.05, 4.69) is 28.7 Å². The molecule has 4 heteroatoms. The minimum Gasteiger partial charge on any atom is -0.399 e. The molecule has 2 aromatic rings. The molecule has 1 heterocycles. The summed E-state index contributed by atoms with van der Waals surface area (Å²) in [6.45, 7) is 5.06. The summed E-state index contributed by atoms with van der Waals surface area (Å²) in [7, 11) is 2.03. The molecule has 0 aliphatic rings. The Balaban J connectivity index is 2.13. The third-order valence-electron chi connectivity index (χ3n) is 3.06. The van der Waals surface area contributed by atoms with Gasteiger partial charge in [-0.1, -0.05) is 26.0 Å². The van der Waals surface area contributed by atoms with Gasteiger partial charge in [-0.25, -0.2) is 9.97 Å². The minimum absolute atomic E-state index is 0.409. The van der Waals surface area contributed by atoms with Gasteiger partial charge < -0.3 is 10.6 Å². The molecule has 0 fully saturated rings. The smallest absolute Gasteiger partial charge is 0.132 e. The second-order valence-corrected chi connectivity index (χ2v) is 5.05. The van der Waals surface area contributed by atoms with Crippen molar-refractivity contribution in [3.63, 3.8) is 0 Å². The third kappa shape index (κ3) is 3.44. The first-order chi connectivity index (χ1) is 9.06. The minimum atomic E-state index is 0.409. The Morgan fingerprint density at radius 2 is 1.84 bits per heavy atom. The van der Waals surface area contributed by atoms with Crippen LogP contribution in [0.25, 0.3) is 0 Å². The Morgan fingerprint density at radius 1 is 1.16 bits per heavy atom. The van der Waals surface area contributed by atoms with Crippen LogP contribution in [0.3, 0.4) is 0 Å². The Bertz CT molecular complexity index is 534. The molecule has 0 bridgehead atoms. The van der Waals surface area contributed by atoms with Crippen LogP contribution in [0.5, 0.6) is 0 Å². The largest absolute Gasteiger partial charge is 0.399 e. The highest BCUT2D eigenvalue weighted by molar-refractivity contribution is 5.43. The fourth-order valence-corrected chi connectivity index (χ4v) is 1.86. The van der Waals surface area contributed by atoms with Gasteiger partial charge in [0.05, 0.1) is 0 Å². The summed E-state index contributed by atoms with van der Waals surface area (Å²) in [5.74, 6) is 1.35. The van der Waals surface area contributed by atoms with E-state index < -0.39 is 0 Å². The lowest BCUT2D eigenvalue weighted by Gasteiger charge is -2.19. The molecule has 1 aromatic heterocycles. The van der Waals surface area contributed by atoms with Crippen molar-refractivity contribution < 1.29 is 0 Å². The van der Waals surface area contributed by atoms with Crippen LogP contribution in [0.2, 0.25) is 0 Å². The highest BCUT2D eigenvalue weighted by Gasteiger charge is 2.07. The van der Waals surface area contributed by atoms with Gasteiger partial charge in [0.1, 0.15) is 12.1 Å². The van der Waals surface area contributed by atoms with Crippen molar-refractivity contribution in [1.29, 1.82) is 0 Å². The molecule has 0 unspecified atom stereocenters. The van der Waals surface area contributed by atoms with Gasteiger partial charge in [-0.2, -0.15) is 0 Å². The number of nitrogens with two attached hydrogens (primary N) is 1. The maximum atomic E-state index is 5.69. The summed E-state index contributed by atoms with van der Waals surface area (Å²) in [4.78, 5) is 10.7. The third-order valence-corrected chi connectivity index (χ3v) is 3.06. The van der Waals surface area contributed by atoms with Crippen molar-refractivity contribution in [2.45, 2.75) is 26.3 Å². The molecule has 0 spiro atoms. The quantitative estimate of drug-likeness (QED) is 0.855. The van der Waals surface area contributed by atoms with Crippen LogP contribution >= 0.6 is 0 Å². The number of hydrogen-bond donors (Lipinski definition) is 1. The van der Waals surface area contributed by atoms with Crippen molar-refractivity contribution in [2.24, 2.45) is 0 Å². The van der Waals surface area contributed by atoms with E-state index in [9.17, 15) is 0 Å². The second kappa shape index (κ2) is 5.69. The molecule has 0 atom stereocenters. The van der Waals surface area contributed by atoms with Crippen LogP contribution in [0.15, 0.2) is 36.7 Å². The number of benzene rings is 1. The molecular weight excluding hydrogens is 236 g/mol. The van der Waals surface area contributed by atoms with Crippen molar-refractivity contribution in [1.82, 2.24) is 9.97 Å². The molecule has 0 amide bonds. The lowest BCUT2D eigenvalue weighted by atomic mass is 10.1. The van der Waals surface area contributed by atoms with E-state index in [1.807, 2.05) is 37.4 Å². The summed E-state index contributed by atoms with van der Waals surface area (Å²) in [5, 5.41) is 0. The summed E-state index contributed by atoms with van der Waals surface area (Å²) in [6.07, 6.45) is 1.63. The van der Waals surface area contributed by atoms with E-state index in [1.165, 1.54) is 5.56 Å². The van der Waals surface area contributed by atoms with Crippen LogP contribution in [-0.2, 0) is 6.54 Å². The molecular formula is C15H20N4. The molecule has 2 N–H and O–H groups in total. The van der Waals surface area contributed by atoms with Crippen molar-refractivity contribution in [3.05, 3.63) is 47.9 Å². The SMILES string of the molecule is CC(C)c1cc(N(C)Cc2ccc(N)cc2)ncn1. The van der Waals surface area contributed by atoms with Crippen LogP contribution in [0, 0.1) is 0 Å². The van der Waals surface area contributed by atoms with Gasteiger partial charge in [0, 0.05) is 31.0 Å². The highest BCUT2D eigenvalue weighted by atomic mass is 15.2. The normalized spacial score (nSPS) is 10.7. The maximum absolute atomic E-state index is 5.69. The van der Waals surface area contributed by atoms with Crippen LogP contribution in [-0.4, -0.2) is 17.0 Å². The van der Waals surface area contributed by atoms with Gasteiger partial charge >= 0.3 is 0 Å². The zero-order valence-electron chi connectivity index (χ0n) is 11.7. The molecule has 2 rings (SSSR count). The predicted octanol–water partition coefficient (Wildman–Crippen LogP) is 2.82. The van der Waals surface area contributed by atoms with Crippen LogP contribution in [0.4, 0.5) is 11.5 Å². The fraction of sp³-hybridized carbons (Fsp3) is 0.333. The van der Waals surface area contributed by atoms with E-state index in [1.54, 1.807) is 6.33 Å². The molecule has 1 aromatic carbocycles. The standard InChI is InChI=1S/C15H20N4/c1-11(2)14-8-15(18-10-17-14)19(3)9-12-4-6-13(16)7-5-12/h4-8,10-11H,9,16H2,1-3H3. The lowest BCUT2D eigenvalue weighted by molar-refractivity contribution is 0.802. The number of anilines is 2. The number of hydrogen-bond acceptors (Lipinski definition) is 4. The molecule has 0 radical (unpaired) electrons. The second-order valence-electron chi connectivity index (χ2n) is 5.05. The zero-order chi connectivity index (χ0) is 13.8. The lowest BCUT2D eigenvalue weighted by Crippen LogP contribution is -2.18. The Hall–Kier alpha value is -2.10. The predicted molar refractivity (Wildman–Crippen MR) is 79.1 cm³/mol. The Labute approximate surface area is 114 Å². The maximum Gasteiger partial charge on any atom is 0.132 e. The summed E-state index contributed by atoms with van der Waals surface area (Å²) in [5.41, 5.74) is 8.75. The van der Waals surface area contributed by atoms with Crippen molar-refractivity contribution in [3.8, 4) is 0 Å². The first-order valence-electron chi connectivity index (χ1n) is 6.43. The summed E-state index contributed by atoms with van der Waals surface area (Å²) >= 11 is 0. The van der Waals surface area contributed by atoms with Crippen LogP contribution < -0.4 is 10.6 Å². The highest BCUT2D eigenvalue weighted by Crippen LogP contribution is 2.18. The molecule has 0 aliphatic carbocycles. The molecule has 19 heavy (non-hydrogen) atoms. The fourth-order valence-electron chi connectivity index (χ4n) is 1.86. The Morgan fingerprint density at radius 3 is 2.47 bits per heavy atom. The van der Waals surface area contributed by atoms with Gasteiger partial charge in [-0.3, -0.25) is 0 Å². The molecule has 100 valence electrons. The average Bonchev–Trinajstić information content (AvgIpc) is 2.41. The monoisotopic (exact) mass is 256 g/mol. The van der Waals surface area contributed by atoms with Gasteiger partial charge in [0.2, 0.25) is 0 Å². The number of aromatic nitrogens is 2. The number of nitrogen functional groups attached to an aromatic ring is 1. The topological polar surface area (TPSA) is 55.0 Å². The van der Waals surface area contributed by atoms with E-state index >= 15 is 0 Å². The number of rotatable bonds is 4. The van der Waals surface area contributed by atoms with E-state index in [0.29, 0.717) is 5.92 Å². The van der Waals surface area contributed by atoms with Crippen molar-refractivity contribution >= 4 is 11.5 Å². The average molecular weight is 256 g/mol. The van der Waals surface area contributed by atoms with E-state index in [0.717, 1.165) is 23.7 Å². The number of nitrogens with zero attached hydrogens (tertiary/aromatic N) is 3. The molecule has 0 saturated heterocycles. The van der Waals surface area contributed by atoms with Crippen molar-refractivity contribution in [2.75, 3.05) is 17.7 Å². The van der Waals surface area contributed by atoms with Gasteiger partial charge in [-0.15, -0.1) is 0 Å². The zero-order valence-corrected chi connectivity index (χ0v) is 11.7. The van der Waals surface area contributed by atoms with Gasteiger partial charge in [-0.05, 0) is 23.6 Å². The van der Waals surface area contributed by atoms with Crippen LogP contribution in [0.1, 0.15) is 31.0 Å². The van der Waals surface area contributed by atoms with E-state index in [-0.39, 0.29) is 0 Å². The first-order valence-corrected chi connectivity index (χ1v) is 6.43. The molecule has 4 nitrogen and oxygen atoms in total. The Kier molecular flexibility index (Phi) is 4.00. The first kappa shape index (κ1) is 13.3. The van der Waals surface area contributed by atoms with Gasteiger partial charge in [0.25, 0.3) is 0 Å². The summed E-state index contributed by atoms with van der Waals surface area (Å²) in [6, 6.07) is 9.96.